The molecule has 4 aromatic rings. The van der Waals surface area contributed by atoms with Crippen LogP contribution in [0.5, 0.6) is 11.5 Å². The van der Waals surface area contributed by atoms with Crippen LogP contribution in [0.25, 0.3) is 11.1 Å². The quantitative estimate of drug-likeness (QED) is 0.217. The molecular formula is C28H26O8S2. The number of hydrogen-bond donors (Lipinski definition) is 4. The molecule has 198 valence electrons. The molecule has 0 aliphatic rings. The van der Waals surface area contributed by atoms with Gasteiger partial charge in [-0.05, 0) is 40.5 Å². The normalized spacial score (nSPS) is 13.7. The van der Waals surface area contributed by atoms with Crippen LogP contribution in [0.15, 0.2) is 94.7 Å². The second-order valence-electron chi connectivity index (χ2n) is 9.03. The maximum absolute atomic E-state index is 12.4. The van der Waals surface area contributed by atoms with Gasteiger partial charge in [-0.3, -0.25) is 9.11 Å². The van der Waals surface area contributed by atoms with E-state index < -0.39 is 47.4 Å². The van der Waals surface area contributed by atoms with Gasteiger partial charge in [-0.1, -0.05) is 80.6 Å². The van der Waals surface area contributed by atoms with Crippen molar-refractivity contribution in [2.24, 2.45) is 0 Å². The minimum Gasteiger partial charge on any atom is -0.507 e. The van der Waals surface area contributed by atoms with Crippen LogP contribution in [0, 0.1) is 0 Å². The number of phenols is 2. The zero-order valence-corrected chi connectivity index (χ0v) is 22.1. The van der Waals surface area contributed by atoms with Gasteiger partial charge >= 0.3 is 0 Å². The monoisotopic (exact) mass is 554 g/mol. The molecule has 4 aromatic carbocycles. The highest BCUT2D eigenvalue weighted by Gasteiger charge is 2.28. The molecule has 0 heterocycles. The van der Waals surface area contributed by atoms with Gasteiger partial charge in [-0.15, -0.1) is 0 Å². The Hall–Kier alpha value is -3.70. The van der Waals surface area contributed by atoms with Crippen LogP contribution >= 0.6 is 0 Å². The van der Waals surface area contributed by atoms with E-state index in [-0.39, 0.29) is 22.6 Å². The minimum atomic E-state index is -4.96. The van der Waals surface area contributed by atoms with Crippen LogP contribution in [-0.2, 0) is 20.2 Å². The average Bonchev–Trinajstić information content (AvgIpc) is 2.87. The number of hydrogen-bond acceptors (Lipinski definition) is 6. The Kier molecular flexibility index (Phi) is 7.35. The molecule has 0 radical (unpaired) electrons. The Morgan fingerprint density at radius 2 is 1.16 bits per heavy atom. The molecule has 2 unspecified atom stereocenters. The molecule has 8 nitrogen and oxygen atoms in total. The van der Waals surface area contributed by atoms with E-state index in [0.29, 0.717) is 0 Å². The molecule has 0 amide bonds. The Labute approximate surface area is 221 Å². The highest BCUT2D eigenvalue weighted by Crippen LogP contribution is 2.44. The molecule has 0 aromatic heterocycles. The van der Waals surface area contributed by atoms with Crippen LogP contribution in [-0.4, -0.2) is 36.2 Å². The van der Waals surface area contributed by atoms with E-state index in [2.05, 4.69) is 6.92 Å². The highest BCUT2D eigenvalue weighted by atomic mass is 32.2. The Morgan fingerprint density at radius 3 is 1.71 bits per heavy atom. The van der Waals surface area contributed by atoms with Crippen molar-refractivity contribution in [2.45, 2.75) is 35.5 Å². The predicted octanol–water partition coefficient (Wildman–Crippen LogP) is 5.56. The third-order valence-corrected chi connectivity index (χ3v) is 8.47. The van der Waals surface area contributed by atoms with E-state index in [1.807, 2.05) is 54.6 Å². The SMILES string of the molecule is CC(c1ccccc1)c1ccc(C(C)c2ccc(-c3cc(S(=O)(=O)O)ccc3O)c(O)c2S(=O)(=O)O)cc1. The molecule has 4 N–H and O–H groups in total. The summed E-state index contributed by atoms with van der Waals surface area (Å²) in [5, 5.41) is 21.2. The van der Waals surface area contributed by atoms with E-state index in [1.165, 1.54) is 12.1 Å². The first kappa shape index (κ1) is 27.3. The molecule has 0 bridgehead atoms. The first-order valence-electron chi connectivity index (χ1n) is 11.6. The van der Waals surface area contributed by atoms with Crippen molar-refractivity contribution in [3.05, 3.63) is 107 Å². The molecular weight excluding hydrogens is 528 g/mol. The second-order valence-corrected chi connectivity index (χ2v) is 11.8. The molecule has 38 heavy (non-hydrogen) atoms. The van der Waals surface area contributed by atoms with Gasteiger partial charge in [0, 0.05) is 23.0 Å². The van der Waals surface area contributed by atoms with Crippen molar-refractivity contribution in [1.29, 1.82) is 0 Å². The van der Waals surface area contributed by atoms with E-state index in [0.717, 1.165) is 34.9 Å². The van der Waals surface area contributed by atoms with Crippen LogP contribution in [0.2, 0.25) is 0 Å². The summed E-state index contributed by atoms with van der Waals surface area (Å²) in [5.41, 5.74) is 2.52. The van der Waals surface area contributed by atoms with Crippen LogP contribution < -0.4 is 0 Å². The van der Waals surface area contributed by atoms with E-state index in [9.17, 15) is 36.2 Å². The molecule has 0 aliphatic carbocycles. The molecule has 2 atom stereocenters. The van der Waals surface area contributed by atoms with E-state index in [1.54, 1.807) is 6.92 Å². The summed E-state index contributed by atoms with van der Waals surface area (Å²) in [6.45, 7) is 3.79. The zero-order chi connectivity index (χ0) is 27.8. The number of phenolic OH excluding ortho intramolecular Hbond substituents is 2. The van der Waals surface area contributed by atoms with E-state index in [4.69, 9.17) is 0 Å². The smallest absolute Gasteiger partial charge is 0.298 e. The van der Waals surface area contributed by atoms with Crippen LogP contribution in [0.3, 0.4) is 0 Å². The Morgan fingerprint density at radius 1 is 0.605 bits per heavy atom. The third-order valence-electron chi connectivity index (χ3n) is 6.68. The highest BCUT2D eigenvalue weighted by molar-refractivity contribution is 7.86. The molecule has 0 spiro atoms. The van der Waals surface area contributed by atoms with Crippen molar-refractivity contribution < 1.29 is 36.2 Å². The summed E-state index contributed by atoms with van der Waals surface area (Å²) in [6.07, 6.45) is 0. The summed E-state index contributed by atoms with van der Waals surface area (Å²) in [4.78, 5) is -1.33. The lowest BCUT2D eigenvalue weighted by Crippen LogP contribution is -2.08. The van der Waals surface area contributed by atoms with E-state index >= 15 is 0 Å². The fraction of sp³-hybridized carbons (Fsp3) is 0.143. The van der Waals surface area contributed by atoms with Gasteiger partial charge < -0.3 is 10.2 Å². The van der Waals surface area contributed by atoms with Crippen molar-refractivity contribution >= 4 is 20.2 Å². The Balaban J connectivity index is 1.78. The molecule has 0 aliphatic heterocycles. The molecule has 0 saturated carbocycles. The topological polar surface area (TPSA) is 149 Å². The van der Waals surface area contributed by atoms with Gasteiger partial charge in [0.25, 0.3) is 20.2 Å². The maximum Gasteiger partial charge on any atom is 0.298 e. The fourth-order valence-corrected chi connectivity index (χ4v) is 5.90. The van der Waals surface area contributed by atoms with Crippen LogP contribution in [0.1, 0.15) is 47.9 Å². The zero-order valence-electron chi connectivity index (χ0n) is 20.5. The van der Waals surface area contributed by atoms with Gasteiger partial charge in [-0.25, -0.2) is 0 Å². The molecule has 10 heteroatoms. The lowest BCUT2D eigenvalue weighted by atomic mass is 9.88. The van der Waals surface area contributed by atoms with Crippen molar-refractivity contribution in [3.8, 4) is 22.6 Å². The number of benzene rings is 4. The standard InChI is InChI=1S/C28H26O8S2/c1-17(19-6-4-3-5-7-19)20-8-10-21(11-9-20)18(2)23-13-14-24(27(30)28(23)38(34,35)36)25-16-22(37(31,32)33)12-15-26(25)29/h3-18,29-30H,1-2H3,(H,31,32,33)(H,34,35,36). The Bertz CT molecular complexity index is 1700. The predicted molar refractivity (Wildman–Crippen MR) is 143 cm³/mol. The minimum absolute atomic E-state index is 0.100. The first-order valence-corrected chi connectivity index (χ1v) is 14.5. The largest absolute Gasteiger partial charge is 0.507 e. The number of aromatic hydroxyl groups is 2. The average molecular weight is 555 g/mol. The third kappa shape index (κ3) is 5.44. The lowest BCUT2D eigenvalue weighted by molar-refractivity contribution is 0.440. The van der Waals surface area contributed by atoms with Gasteiger partial charge in [0.15, 0.2) is 0 Å². The first-order chi connectivity index (χ1) is 17.8. The molecule has 4 rings (SSSR count). The van der Waals surface area contributed by atoms with Crippen molar-refractivity contribution in [1.82, 2.24) is 0 Å². The van der Waals surface area contributed by atoms with Crippen molar-refractivity contribution in [3.63, 3.8) is 0 Å². The van der Waals surface area contributed by atoms with Crippen LogP contribution in [0.4, 0.5) is 0 Å². The van der Waals surface area contributed by atoms with Gasteiger partial charge in [0.2, 0.25) is 0 Å². The summed E-state index contributed by atoms with van der Waals surface area (Å²) in [7, 11) is -9.60. The van der Waals surface area contributed by atoms with Gasteiger partial charge in [-0.2, -0.15) is 16.8 Å². The van der Waals surface area contributed by atoms with Gasteiger partial charge in [0.05, 0.1) is 4.90 Å². The summed E-state index contributed by atoms with van der Waals surface area (Å²) in [6, 6.07) is 23.0. The summed E-state index contributed by atoms with van der Waals surface area (Å²) >= 11 is 0. The van der Waals surface area contributed by atoms with Gasteiger partial charge in [0.1, 0.15) is 16.4 Å². The lowest BCUT2D eigenvalue weighted by Gasteiger charge is -2.20. The molecule has 0 fully saturated rings. The number of rotatable bonds is 7. The fourth-order valence-electron chi connectivity index (χ4n) is 4.49. The molecule has 0 saturated heterocycles. The second kappa shape index (κ2) is 10.2. The summed E-state index contributed by atoms with van der Waals surface area (Å²) < 4.78 is 67.3. The summed E-state index contributed by atoms with van der Waals surface area (Å²) in [5.74, 6) is -1.79. The van der Waals surface area contributed by atoms with Crippen molar-refractivity contribution in [2.75, 3.05) is 0 Å². The maximum atomic E-state index is 12.4.